The number of hydrogen-bond acceptors (Lipinski definition) is 4. The van der Waals surface area contributed by atoms with E-state index in [1.165, 1.54) is 10.4 Å². The van der Waals surface area contributed by atoms with E-state index in [1.807, 2.05) is 61.4 Å². The van der Waals surface area contributed by atoms with E-state index < -0.39 is 0 Å². The first-order chi connectivity index (χ1) is 15.1. The second-order valence-corrected chi connectivity index (χ2v) is 8.63. The number of thiophene rings is 1. The third-order valence-electron chi connectivity index (χ3n) is 5.29. The molecule has 5 nitrogen and oxygen atoms in total. The van der Waals surface area contributed by atoms with E-state index in [1.54, 1.807) is 17.5 Å². The fraction of sp³-hybridized carbons (Fsp3) is 0.200. The number of nitrogens with one attached hydrogen (secondary N) is 1. The van der Waals surface area contributed by atoms with Gasteiger partial charge in [-0.3, -0.25) is 9.48 Å². The van der Waals surface area contributed by atoms with Crippen LogP contribution in [-0.2, 0) is 6.54 Å². The Balaban J connectivity index is 1.49. The molecule has 0 aliphatic heterocycles. The molecule has 2 aromatic heterocycles. The number of carbonyl (C=O) groups excluding carboxylic acids is 1. The highest BCUT2D eigenvalue weighted by Crippen LogP contribution is 2.26. The number of nitrogens with zero attached hydrogens (tertiary/aromatic N) is 3. The molecule has 0 aliphatic carbocycles. The van der Waals surface area contributed by atoms with Crippen molar-refractivity contribution in [3.63, 3.8) is 0 Å². The molecular weight excluding hydrogens is 404 g/mol. The molecular formula is C25H26N4OS. The topological polar surface area (TPSA) is 50.2 Å². The van der Waals surface area contributed by atoms with Crippen LogP contribution < -0.4 is 5.32 Å². The third-order valence-corrected chi connectivity index (χ3v) is 6.26. The highest BCUT2D eigenvalue weighted by atomic mass is 32.1. The van der Waals surface area contributed by atoms with Gasteiger partial charge in [0.2, 0.25) is 0 Å². The van der Waals surface area contributed by atoms with E-state index in [9.17, 15) is 4.79 Å². The van der Waals surface area contributed by atoms with Gasteiger partial charge in [-0.05, 0) is 54.4 Å². The minimum absolute atomic E-state index is 0.0559. The van der Waals surface area contributed by atoms with Crippen molar-refractivity contribution < 1.29 is 4.79 Å². The summed E-state index contributed by atoms with van der Waals surface area (Å²) in [6.45, 7) is 1.29. The van der Waals surface area contributed by atoms with Crippen LogP contribution in [-0.4, -0.2) is 41.2 Å². The molecule has 1 atom stereocenters. The quantitative estimate of drug-likeness (QED) is 0.441. The Morgan fingerprint density at radius 3 is 2.55 bits per heavy atom. The smallest absolute Gasteiger partial charge is 0.251 e. The summed E-state index contributed by atoms with van der Waals surface area (Å²) in [5.41, 5.74) is 3.81. The molecule has 2 heterocycles. The van der Waals surface area contributed by atoms with E-state index in [4.69, 9.17) is 0 Å². The zero-order valence-electron chi connectivity index (χ0n) is 17.7. The molecule has 1 N–H and O–H groups in total. The van der Waals surface area contributed by atoms with Gasteiger partial charge in [0.1, 0.15) is 0 Å². The largest absolute Gasteiger partial charge is 0.350 e. The summed E-state index contributed by atoms with van der Waals surface area (Å²) >= 11 is 1.71. The fourth-order valence-corrected chi connectivity index (χ4v) is 4.53. The summed E-state index contributed by atoms with van der Waals surface area (Å²) in [5.74, 6) is -0.0559. The summed E-state index contributed by atoms with van der Waals surface area (Å²) < 4.78 is 1.89. The van der Waals surface area contributed by atoms with Crippen molar-refractivity contribution in [2.75, 3.05) is 20.6 Å². The van der Waals surface area contributed by atoms with Crippen molar-refractivity contribution in [3.05, 3.63) is 101 Å². The Kier molecular flexibility index (Phi) is 6.60. The Bertz CT molecular complexity index is 1100. The Hall–Kier alpha value is -3.22. The van der Waals surface area contributed by atoms with Gasteiger partial charge in [-0.1, -0.05) is 48.5 Å². The van der Waals surface area contributed by atoms with E-state index in [0.29, 0.717) is 12.1 Å². The monoisotopic (exact) mass is 430 g/mol. The summed E-state index contributed by atoms with van der Waals surface area (Å²) in [5, 5.41) is 9.46. The first-order valence-corrected chi connectivity index (χ1v) is 11.1. The first kappa shape index (κ1) is 21.0. The number of likely N-dealkylation sites (N-methyl/N-ethyl adjacent to an activating group) is 1. The Labute approximate surface area is 187 Å². The van der Waals surface area contributed by atoms with Crippen molar-refractivity contribution >= 4 is 17.2 Å². The van der Waals surface area contributed by atoms with Crippen LogP contribution >= 0.6 is 11.3 Å². The number of carbonyl (C=O) groups is 1. The summed E-state index contributed by atoms with van der Waals surface area (Å²) in [4.78, 5) is 16.5. The van der Waals surface area contributed by atoms with Gasteiger partial charge in [0.05, 0.1) is 12.6 Å². The Morgan fingerprint density at radius 1 is 1.06 bits per heavy atom. The van der Waals surface area contributed by atoms with Crippen molar-refractivity contribution in [3.8, 4) is 11.1 Å². The van der Waals surface area contributed by atoms with Gasteiger partial charge < -0.3 is 10.2 Å². The Morgan fingerprint density at radius 2 is 1.87 bits per heavy atom. The molecule has 0 bridgehead atoms. The summed E-state index contributed by atoms with van der Waals surface area (Å²) in [7, 11) is 4.07. The second-order valence-electron chi connectivity index (χ2n) is 7.65. The molecule has 0 radical (unpaired) electrons. The lowest BCUT2D eigenvalue weighted by molar-refractivity contribution is 0.0943. The maximum atomic E-state index is 13.1. The van der Waals surface area contributed by atoms with Crippen LogP contribution in [0.5, 0.6) is 0 Å². The van der Waals surface area contributed by atoms with Gasteiger partial charge in [0.15, 0.2) is 0 Å². The van der Waals surface area contributed by atoms with Crippen molar-refractivity contribution in [2.24, 2.45) is 0 Å². The van der Waals surface area contributed by atoms with Gasteiger partial charge in [-0.25, -0.2) is 0 Å². The zero-order valence-corrected chi connectivity index (χ0v) is 18.5. The van der Waals surface area contributed by atoms with Crippen LogP contribution in [0.15, 0.2) is 84.5 Å². The second kappa shape index (κ2) is 9.73. The molecule has 0 aliphatic rings. The molecule has 31 heavy (non-hydrogen) atoms. The lowest BCUT2D eigenvalue weighted by atomic mass is 9.98. The highest BCUT2D eigenvalue weighted by Gasteiger charge is 2.18. The normalized spacial score (nSPS) is 12.1. The maximum Gasteiger partial charge on any atom is 0.251 e. The lowest BCUT2D eigenvalue weighted by Gasteiger charge is -2.23. The van der Waals surface area contributed by atoms with Gasteiger partial charge in [-0.2, -0.15) is 5.10 Å². The first-order valence-electron chi connectivity index (χ1n) is 10.3. The van der Waals surface area contributed by atoms with Gasteiger partial charge in [0.25, 0.3) is 5.91 Å². The van der Waals surface area contributed by atoms with Gasteiger partial charge in [0, 0.05) is 29.4 Å². The van der Waals surface area contributed by atoms with Crippen molar-refractivity contribution in [2.45, 2.75) is 12.6 Å². The molecule has 4 aromatic rings. The average molecular weight is 431 g/mol. The van der Waals surface area contributed by atoms with Gasteiger partial charge >= 0.3 is 0 Å². The van der Waals surface area contributed by atoms with Crippen LogP contribution in [0.25, 0.3) is 11.1 Å². The molecule has 6 heteroatoms. The average Bonchev–Trinajstić information content (AvgIpc) is 3.49. The number of amides is 1. The molecule has 1 amide bonds. The van der Waals surface area contributed by atoms with Crippen LogP contribution in [0, 0.1) is 0 Å². The molecule has 2 aromatic carbocycles. The highest BCUT2D eigenvalue weighted by molar-refractivity contribution is 7.10. The van der Waals surface area contributed by atoms with E-state index in [0.717, 1.165) is 17.7 Å². The standard InChI is InChI=1S/C25H26N4OS/c1-28(2)23(24-9-5-16-31-24)17-26-25(30)22-8-4-3-7-21(22)20-12-10-19(11-13-20)18-29-15-6-14-27-29/h3-16,23H,17-18H2,1-2H3,(H,26,30). The zero-order chi connectivity index (χ0) is 21.6. The van der Waals surface area contributed by atoms with Crippen LogP contribution in [0.4, 0.5) is 0 Å². The fourth-order valence-electron chi connectivity index (χ4n) is 3.61. The molecule has 4 rings (SSSR count). The molecule has 0 saturated heterocycles. The number of hydrogen-bond donors (Lipinski definition) is 1. The van der Waals surface area contributed by atoms with Crippen LogP contribution in [0.3, 0.4) is 0 Å². The predicted octanol–water partition coefficient (Wildman–Crippen LogP) is 4.69. The third kappa shape index (κ3) is 5.10. The van der Waals surface area contributed by atoms with E-state index in [2.05, 4.69) is 51.0 Å². The van der Waals surface area contributed by atoms with E-state index >= 15 is 0 Å². The molecule has 0 saturated carbocycles. The number of rotatable bonds is 8. The summed E-state index contributed by atoms with van der Waals surface area (Å²) in [6, 6.07) is 22.3. The SMILES string of the molecule is CN(C)C(CNC(=O)c1ccccc1-c1ccc(Cn2cccn2)cc1)c1cccs1. The lowest BCUT2D eigenvalue weighted by Crippen LogP contribution is -2.34. The molecule has 0 fully saturated rings. The van der Waals surface area contributed by atoms with Gasteiger partial charge in [-0.15, -0.1) is 11.3 Å². The maximum absolute atomic E-state index is 13.1. The minimum Gasteiger partial charge on any atom is -0.350 e. The van der Waals surface area contributed by atoms with E-state index in [-0.39, 0.29) is 11.9 Å². The van der Waals surface area contributed by atoms with Crippen molar-refractivity contribution in [1.82, 2.24) is 20.0 Å². The molecule has 1 unspecified atom stereocenters. The predicted molar refractivity (Wildman–Crippen MR) is 126 cm³/mol. The van der Waals surface area contributed by atoms with Crippen molar-refractivity contribution in [1.29, 1.82) is 0 Å². The van der Waals surface area contributed by atoms with Crippen LogP contribution in [0.1, 0.15) is 26.8 Å². The number of aromatic nitrogens is 2. The van der Waals surface area contributed by atoms with Crippen LogP contribution in [0.2, 0.25) is 0 Å². The minimum atomic E-state index is -0.0559. The molecule has 158 valence electrons. The summed E-state index contributed by atoms with van der Waals surface area (Å²) in [6.07, 6.45) is 3.73. The number of benzene rings is 2. The molecule has 0 spiro atoms.